The van der Waals surface area contributed by atoms with E-state index in [0.29, 0.717) is 18.5 Å². The van der Waals surface area contributed by atoms with Crippen LogP contribution in [0.4, 0.5) is 13.2 Å². The van der Waals surface area contributed by atoms with Crippen molar-refractivity contribution in [2.24, 2.45) is 5.92 Å². The molecule has 0 bridgehead atoms. The van der Waals surface area contributed by atoms with Gasteiger partial charge < -0.3 is 10.2 Å². The van der Waals surface area contributed by atoms with E-state index in [9.17, 15) is 13.2 Å². The van der Waals surface area contributed by atoms with Crippen molar-refractivity contribution < 1.29 is 17.9 Å². The number of piperidine rings is 1. The summed E-state index contributed by atoms with van der Waals surface area (Å²) in [4.78, 5) is 2.06. The van der Waals surface area contributed by atoms with Crippen LogP contribution in [-0.4, -0.2) is 50.1 Å². The predicted molar refractivity (Wildman–Crippen MR) is 64.3 cm³/mol. The standard InChI is InChI=1S/C12H23F3N2O/c1-3-10-9-17(6-5-11(10)16-4-2)7-8-18-12(13,14)15/h10-11,16H,3-9H2,1-2H3. The van der Waals surface area contributed by atoms with Gasteiger partial charge in [-0.1, -0.05) is 20.3 Å². The third kappa shape index (κ3) is 5.54. The zero-order valence-electron chi connectivity index (χ0n) is 11.1. The van der Waals surface area contributed by atoms with E-state index >= 15 is 0 Å². The van der Waals surface area contributed by atoms with Crippen LogP contribution in [0.5, 0.6) is 0 Å². The molecule has 0 aromatic heterocycles. The fourth-order valence-corrected chi connectivity index (χ4v) is 2.55. The topological polar surface area (TPSA) is 24.5 Å². The van der Waals surface area contributed by atoms with Gasteiger partial charge in [-0.25, -0.2) is 0 Å². The van der Waals surface area contributed by atoms with Gasteiger partial charge in [0.25, 0.3) is 0 Å². The van der Waals surface area contributed by atoms with E-state index in [-0.39, 0.29) is 6.61 Å². The van der Waals surface area contributed by atoms with E-state index in [4.69, 9.17) is 0 Å². The molecule has 1 rings (SSSR count). The smallest absolute Gasteiger partial charge is 0.314 e. The summed E-state index contributed by atoms with van der Waals surface area (Å²) in [6, 6.07) is 0.500. The molecule has 0 saturated carbocycles. The lowest BCUT2D eigenvalue weighted by molar-refractivity contribution is -0.325. The van der Waals surface area contributed by atoms with Crippen LogP contribution in [0.3, 0.4) is 0 Å². The van der Waals surface area contributed by atoms with Crippen molar-refractivity contribution in [3.63, 3.8) is 0 Å². The van der Waals surface area contributed by atoms with Gasteiger partial charge in [-0.15, -0.1) is 13.2 Å². The SMILES string of the molecule is CCNC1CCN(CCOC(F)(F)F)CC1CC. The van der Waals surface area contributed by atoms with Gasteiger partial charge in [0.15, 0.2) is 0 Å². The molecule has 0 amide bonds. The third-order valence-corrected chi connectivity index (χ3v) is 3.48. The Morgan fingerprint density at radius 3 is 2.61 bits per heavy atom. The Kier molecular flexibility index (Phi) is 6.38. The second-order valence-electron chi connectivity index (χ2n) is 4.72. The highest BCUT2D eigenvalue weighted by Crippen LogP contribution is 2.21. The monoisotopic (exact) mass is 268 g/mol. The van der Waals surface area contributed by atoms with Crippen LogP contribution in [0.15, 0.2) is 0 Å². The lowest BCUT2D eigenvalue weighted by Crippen LogP contribution is -2.49. The summed E-state index contributed by atoms with van der Waals surface area (Å²) >= 11 is 0. The quantitative estimate of drug-likeness (QED) is 0.799. The molecule has 0 radical (unpaired) electrons. The van der Waals surface area contributed by atoms with Gasteiger partial charge in [0.05, 0.1) is 6.61 Å². The molecule has 1 aliphatic rings. The van der Waals surface area contributed by atoms with Gasteiger partial charge in [-0.3, -0.25) is 4.74 Å². The first-order valence-corrected chi connectivity index (χ1v) is 6.62. The van der Waals surface area contributed by atoms with Crippen molar-refractivity contribution >= 4 is 0 Å². The average molecular weight is 268 g/mol. The molecule has 1 N–H and O–H groups in total. The highest BCUT2D eigenvalue weighted by molar-refractivity contribution is 4.84. The molecule has 18 heavy (non-hydrogen) atoms. The van der Waals surface area contributed by atoms with Crippen molar-refractivity contribution in [2.45, 2.75) is 39.1 Å². The highest BCUT2D eigenvalue weighted by Gasteiger charge is 2.30. The van der Waals surface area contributed by atoms with Crippen LogP contribution < -0.4 is 5.32 Å². The van der Waals surface area contributed by atoms with Gasteiger partial charge >= 0.3 is 6.36 Å². The number of alkyl halides is 3. The number of nitrogens with zero attached hydrogens (tertiary/aromatic N) is 1. The van der Waals surface area contributed by atoms with Crippen molar-refractivity contribution in [3.05, 3.63) is 0 Å². The van der Waals surface area contributed by atoms with E-state index in [1.54, 1.807) is 0 Å². The number of ether oxygens (including phenoxy) is 1. The minimum absolute atomic E-state index is 0.272. The number of rotatable bonds is 6. The van der Waals surface area contributed by atoms with Gasteiger partial charge in [0.2, 0.25) is 0 Å². The van der Waals surface area contributed by atoms with E-state index in [0.717, 1.165) is 32.5 Å². The minimum atomic E-state index is -4.51. The molecule has 1 fully saturated rings. The molecule has 108 valence electrons. The van der Waals surface area contributed by atoms with E-state index in [1.807, 2.05) is 0 Å². The van der Waals surface area contributed by atoms with E-state index < -0.39 is 6.36 Å². The van der Waals surface area contributed by atoms with Crippen molar-refractivity contribution in [1.82, 2.24) is 10.2 Å². The van der Waals surface area contributed by atoms with Crippen molar-refractivity contribution in [1.29, 1.82) is 0 Å². The molecule has 2 unspecified atom stereocenters. The molecule has 1 heterocycles. The van der Waals surface area contributed by atoms with Crippen molar-refractivity contribution in [3.8, 4) is 0 Å². The Bertz CT molecular complexity index is 236. The summed E-state index contributed by atoms with van der Waals surface area (Å²) in [7, 11) is 0. The summed E-state index contributed by atoms with van der Waals surface area (Å²) in [5.74, 6) is 0.518. The molecule has 0 aromatic rings. The van der Waals surface area contributed by atoms with Crippen LogP contribution >= 0.6 is 0 Å². The van der Waals surface area contributed by atoms with Crippen molar-refractivity contribution in [2.75, 3.05) is 32.8 Å². The lowest BCUT2D eigenvalue weighted by Gasteiger charge is -2.38. The second kappa shape index (κ2) is 7.31. The van der Waals surface area contributed by atoms with Crippen LogP contribution in [0.2, 0.25) is 0 Å². The molecule has 0 spiro atoms. The third-order valence-electron chi connectivity index (χ3n) is 3.48. The van der Waals surface area contributed by atoms with Crippen LogP contribution in [-0.2, 0) is 4.74 Å². The number of hydrogen-bond acceptors (Lipinski definition) is 3. The van der Waals surface area contributed by atoms with Crippen LogP contribution in [0.1, 0.15) is 26.7 Å². The minimum Gasteiger partial charge on any atom is -0.314 e. The number of halogens is 3. The van der Waals surface area contributed by atoms with E-state index in [2.05, 4.69) is 28.8 Å². The molecular formula is C12H23F3N2O. The van der Waals surface area contributed by atoms with Crippen LogP contribution in [0, 0.1) is 5.92 Å². The molecule has 1 aliphatic heterocycles. The first kappa shape index (κ1) is 15.7. The Morgan fingerprint density at radius 1 is 1.33 bits per heavy atom. The summed E-state index contributed by atoms with van der Waals surface area (Å²) in [5.41, 5.74) is 0. The van der Waals surface area contributed by atoms with Gasteiger partial charge in [-0.05, 0) is 25.4 Å². The molecular weight excluding hydrogens is 245 g/mol. The fraction of sp³-hybridized carbons (Fsp3) is 1.00. The maximum atomic E-state index is 11.9. The molecule has 6 heteroatoms. The van der Waals surface area contributed by atoms with Gasteiger partial charge in [0.1, 0.15) is 0 Å². The summed E-state index contributed by atoms with van der Waals surface area (Å²) in [6.45, 7) is 6.94. The zero-order valence-corrected chi connectivity index (χ0v) is 11.1. The maximum Gasteiger partial charge on any atom is 0.522 e. The first-order valence-electron chi connectivity index (χ1n) is 6.62. The van der Waals surface area contributed by atoms with Gasteiger partial charge in [0, 0.05) is 19.1 Å². The lowest BCUT2D eigenvalue weighted by atomic mass is 9.90. The fourth-order valence-electron chi connectivity index (χ4n) is 2.55. The average Bonchev–Trinajstić information content (AvgIpc) is 2.29. The Labute approximate surface area is 107 Å². The summed E-state index contributed by atoms with van der Waals surface area (Å²) in [6.07, 6.45) is -2.46. The molecule has 0 aliphatic carbocycles. The number of hydrogen-bond donors (Lipinski definition) is 1. The molecule has 2 atom stereocenters. The summed E-state index contributed by atoms with van der Waals surface area (Å²) in [5, 5.41) is 3.45. The Balaban J connectivity index is 2.29. The first-order chi connectivity index (χ1) is 8.46. The predicted octanol–water partition coefficient (Wildman–Crippen LogP) is 2.23. The molecule has 3 nitrogen and oxygen atoms in total. The molecule has 1 saturated heterocycles. The normalized spacial score (nSPS) is 26.5. The largest absolute Gasteiger partial charge is 0.522 e. The van der Waals surface area contributed by atoms with Crippen LogP contribution in [0.25, 0.3) is 0 Å². The van der Waals surface area contributed by atoms with E-state index in [1.165, 1.54) is 0 Å². The number of nitrogens with one attached hydrogen (secondary N) is 1. The Hall–Kier alpha value is -0.330. The maximum absolute atomic E-state index is 11.9. The summed E-state index contributed by atoms with van der Waals surface area (Å²) < 4.78 is 39.4. The number of likely N-dealkylation sites (tertiary alicyclic amines) is 1. The molecule has 0 aromatic carbocycles. The van der Waals surface area contributed by atoms with Gasteiger partial charge in [-0.2, -0.15) is 0 Å². The Morgan fingerprint density at radius 2 is 2.06 bits per heavy atom. The second-order valence-corrected chi connectivity index (χ2v) is 4.72. The highest BCUT2D eigenvalue weighted by atomic mass is 19.4. The zero-order chi connectivity index (χ0) is 13.6.